The van der Waals surface area contributed by atoms with Crippen LogP contribution in [0.3, 0.4) is 0 Å². The molecule has 0 aliphatic carbocycles. The van der Waals surface area contributed by atoms with Crippen molar-refractivity contribution in [2.75, 3.05) is 0 Å². The molecule has 1 heterocycles. The summed E-state index contributed by atoms with van der Waals surface area (Å²) in [5.41, 5.74) is -0.0752. The lowest BCUT2D eigenvalue weighted by Crippen LogP contribution is -2.15. The Balaban J connectivity index is 2.84. The first kappa shape index (κ1) is 11.5. The van der Waals surface area contributed by atoms with Crippen LogP contribution in [0.25, 0.3) is 0 Å². The van der Waals surface area contributed by atoms with Gasteiger partial charge in [-0.1, -0.05) is 20.8 Å². The zero-order valence-corrected chi connectivity index (χ0v) is 9.82. The molecule has 76 valence electrons. The van der Waals surface area contributed by atoms with Crippen LogP contribution in [0.15, 0.2) is 17.3 Å². The van der Waals surface area contributed by atoms with E-state index in [-0.39, 0.29) is 5.41 Å². The average molecular weight is 231 g/mol. The number of thioether (sulfide) groups is 1. The second-order valence-electron chi connectivity index (χ2n) is 3.83. The van der Waals surface area contributed by atoms with Gasteiger partial charge in [-0.15, -0.1) is 0 Å². The Morgan fingerprint density at radius 2 is 1.86 bits per heavy atom. The van der Waals surface area contributed by atoms with E-state index in [4.69, 9.17) is 11.6 Å². The first-order chi connectivity index (χ1) is 6.39. The molecule has 1 rings (SSSR count). The SMILES string of the molecule is CC(C)(C)c1ncc(SC(=O)Cl)cn1. The van der Waals surface area contributed by atoms with Gasteiger partial charge in [0.05, 0.1) is 4.90 Å². The smallest absolute Gasteiger partial charge is 0.268 e. The largest absolute Gasteiger partial charge is 0.284 e. The van der Waals surface area contributed by atoms with Crippen molar-refractivity contribution in [3.8, 4) is 0 Å². The van der Waals surface area contributed by atoms with E-state index >= 15 is 0 Å². The van der Waals surface area contributed by atoms with Gasteiger partial charge in [-0.25, -0.2) is 9.97 Å². The highest BCUT2D eigenvalue weighted by Crippen LogP contribution is 2.22. The summed E-state index contributed by atoms with van der Waals surface area (Å²) in [6.07, 6.45) is 3.22. The van der Waals surface area contributed by atoms with Crippen LogP contribution in [0.5, 0.6) is 0 Å². The Morgan fingerprint density at radius 3 is 2.21 bits per heavy atom. The van der Waals surface area contributed by atoms with Gasteiger partial charge >= 0.3 is 0 Å². The molecule has 0 spiro atoms. The Kier molecular flexibility index (Phi) is 3.50. The molecule has 1 aromatic rings. The zero-order chi connectivity index (χ0) is 10.8. The van der Waals surface area contributed by atoms with Gasteiger partial charge in [-0.3, -0.25) is 4.79 Å². The monoisotopic (exact) mass is 230 g/mol. The molecule has 0 aliphatic rings. The number of hydrogen-bond acceptors (Lipinski definition) is 4. The molecule has 0 fully saturated rings. The normalized spacial score (nSPS) is 11.4. The van der Waals surface area contributed by atoms with Crippen LogP contribution in [0.2, 0.25) is 0 Å². The fourth-order valence-corrected chi connectivity index (χ4v) is 1.51. The highest BCUT2D eigenvalue weighted by atomic mass is 35.5. The third-order valence-corrected chi connectivity index (χ3v) is 2.34. The zero-order valence-electron chi connectivity index (χ0n) is 8.24. The van der Waals surface area contributed by atoms with Crippen molar-refractivity contribution in [3.05, 3.63) is 18.2 Å². The number of rotatable bonds is 1. The Labute approximate surface area is 92.3 Å². The third kappa shape index (κ3) is 3.27. The number of carbonyl (C=O) groups is 1. The number of nitrogens with zero attached hydrogens (tertiary/aromatic N) is 2. The van der Waals surface area contributed by atoms with Crippen molar-refractivity contribution in [1.82, 2.24) is 9.97 Å². The summed E-state index contributed by atoms with van der Waals surface area (Å²) in [6, 6.07) is 0. The fourth-order valence-electron chi connectivity index (χ4n) is 0.849. The summed E-state index contributed by atoms with van der Waals surface area (Å²) in [5, 5.41) is 0. The van der Waals surface area contributed by atoms with E-state index in [1.807, 2.05) is 20.8 Å². The molecular formula is C9H11ClN2OS. The molecule has 0 saturated carbocycles. The Bertz CT molecular complexity index is 332. The van der Waals surface area contributed by atoms with E-state index in [2.05, 4.69) is 9.97 Å². The van der Waals surface area contributed by atoms with Gasteiger partial charge in [0, 0.05) is 17.8 Å². The lowest BCUT2D eigenvalue weighted by atomic mass is 9.96. The Hall–Kier alpha value is -0.610. The maximum absolute atomic E-state index is 10.6. The summed E-state index contributed by atoms with van der Waals surface area (Å²) in [7, 11) is 0. The van der Waals surface area contributed by atoms with Crippen LogP contribution in [-0.4, -0.2) is 14.5 Å². The summed E-state index contributed by atoms with van der Waals surface area (Å²) in [4.78, 5) is 19.6. The average Bonchev–Trinajstić information content (AvgIpc) is 2.02. The van der Waals surface area contributed by atoms with Crippen LogP contribution in [0, 0.1) is 0 Å². The van der Waals surface area contributed by atoms with Crippen molar-refractivity contribution in [1.29, 1.82) is 0 Å². The number of halogens is 1. The fraction of sp³-hybridized carbons (Fsp3) is 0.444. The van der Waals surface area contributed by atoms with Gasteiger partial charge < -0.3 is 0 Å². The molecule has 0 saturated heterocycles. The highest BCUT2D eigenvalue weighted by molar-refractivity contribution is 8.16. The van der Waals surface area contributed by atoms with Gasteiger partial charge in [0.2, 0.25) is 0 Å². The molecule has 0 aromatic carbocycles. The molecule has 3 nitrogen and oxygen atoms in total. The molecule has 14 heavy (non-hydrogen) atoms. The highest BCUT2D eigenvalue weighted by Gasteiger charge is 2.16. The first-order valence-electron chi connectivity index (χ1n) is 4.09. The number of aromatic nitrogens is 2. The minimum absolute atomic E-state index is 0.0752. The van der Waals surface area contributed by atoms with Gasteiger partial charge in [0.25, 0.3) is 4.57 Å². The maximum atomic E-state index is 10.6. The lowest BCUT2D eigenvalue weighted by Gasteiger charge is -2.15. The van der Waals surface area contributed by atoms with E-state index in [1.165, 1.54) is 0 Å². The van der Waals surface area contributed by atoms with Crippen LogP contribution in [-0.2, 0) is 5.41 Å². The first-order valence-corrected chi connectivity index (χ1v) is 5.29. The van der Waals surface area contributed by atoms with Crippen molar-refractivity contribution in [3.63, 3.8) is 0 Å². The molecule has 0 N–H and O–H groups in total. The van der Waals surface area contributed by atoms with Gasteiger partial charge in [-0.2, -0.15) is 0 Å². The van der Waals surface area contributed by atoms with Crippen molar-refractivity contribution in [2.45, 2.75) is 31.1 Å². The van der Waals surface area contributed by atoms with E-state index in [1.54, 1.807) is 12.4 Å². The minimum atomic E-state index is -0.475. The third-order valence-electron chi connectivity index (χ3n) is 1.50. The predicted molar refractivity (Wildman–Crippen MR) is 57.8 cm³/mol. The molecule has 0 radical (unpaired) electrons. The maximum Gasteiger partial charge on any atom is 0.284 e. The molecule has 0 unspecified atom stereocenters. The van der Waals surface area contributed by atoms with Crippen molar-refractivity contribution >= 4 is 27.9 Å². The number of hydrogen-bond donors (Lipinski definition) is 0. The molecule has 5 heteroatoms. The van der Waals surface area contributed by atoms with Gasteiger partial charge in [0.1, 0.15) is 5.82 Å². The summed E-state index contributed by atoms with van der Waals surface area (Å²) in [5.74, 6) is 0.754. The van der Waals surface area contributed by atoms with Gasteiger partial charge in [-0.05, 0) is 23.4 Å². The molecule has 0 atom stereocenters. The number of carbonyl (C=O) groups excluding carboxylic acids is 1. The van der Waals surface area contributed by atoms with Crippen molar-refractivity contribution in [2.24, 2.45) is 0 Å². The van der Waals surface area contributed by atoms with Crippen LogP contribution in [0.4, 0.5) is 4.79 Å². The molecule has 0 aliphatic heterocycles. The predicted octanol–water partition coefficient (Wildman–Crippen LogP) is 3.23. The Morgan fingerprint density at radius 1 is 1.36 bits per heavy atom. The second-order valence-corrected chi connectivity index (χ2v) is 5.45. The quantitative estimate of drug-likeness (QED) is 0.549. The van der Waals surface area contributed by atoms with E-state index in [0.717, 1.165) is 17.6 Å². The van der Waals surface area contributed by atoms with Crippen LogP contribution < -0.4 is 0 Å². The topological polar surface area (TPSA) is 42.9 Å². The van der Waals surface area contributed by atoms with E-state index < -0.39 is 4.57 Å². The van der Waals surface area contributed by atoms with Crippen LogP contribution in [0.1, 0.15) is 26.6 Å². The standard InChI is InChI=1S/C9H11ClN2OS/c1-9(2,3)7-11-4-6(5-12-7)14-8(10)13/h4-5H,1-3H3. The lowest BCUT2D eigenvalue weighted by molar-refractivity contribution is 0.276. The van der Waals surface area contributed by atoms with Crippen LogP contribution >= 0.6 is 23.4 Å². The second kappa shape index (κ2) is 4.28. The molecular weight excluding hydrogens is 220 g/mol. The minimum Gasteiger partial charge on any atom is -0.268 e. The van der Waals surface area contributed by atoms with E-state index in [0.29, 0.717) is 4.90 Å². The molecule has 1 aromatic heterocycles. The molecule has 0 amide bonds. The summed E-state index contributed by atoms with van der Waals surface area (Å²) in [6.45, 7) is 6.09. The summed E-state index contributed by atoms with van der Waals surface area (Å²) >= 11 is 6.13. The molecule has 0 bridgehead atoms. The summed E-state index contributed by atoms with van der Waals surface area (Å²) < 4.78 is -0.475. The van der Waals surface area contributed by atoms with E-state index in [9.17, 15) is 4.79 Å². The van der Waals surface area contributed by atoms with Crippen molar-refractivity contribution < 1.29 is 4.79 Å². The van der Waals surface area contributed by atoms with Gasteiger partial charge in [0.15, 0.2) is 0 Å².